The van der Waals surface area contributed by atoms with Crippen LogP contribution in [0, 0.1) is 26.0 Å². The predicted molar refractivity (Wildman–Crippen MR) is 178 cm³/mol. The SMILES string of the molecule is Cc1ccc[c-]c1-c1cccc(C2(c3cccc(-c4[c-]cccc4C)n3)c3ccccc3C3(CCCC3)c3ccccc32)n1.[Pt+2]. The molecule has 2 aliphatic carbocycles. The molecule has 0 bridgehead atoms. The van der Waals surface area contributed by atoms with Crippen molar-refractivity contribution in [3.8, 4) is 22.5 Å². The topological polar surface area (TPSA) is 25.8 Å². The van der Waals surface area contributed by atoms with Gasteiger partial charge < -0.3 is 0 Å². The van der Waals surface area contributed by atoms with Crippen molar-refractivity contribution < 1.29 is 21.1 Å². The second kappa shape index (κ2) is 11.7. The van der Waals surface area contributed by atoms with Crippen LogP contribution < -0.4 is 0 Å². The molecule has 2 heterocycles. The van der Waals surface area contributed by atoms with Crippen LogP contribution in [0.1, 0.15) is 70.5 Å². The number of aryl methyl sites for hydroxylation is 2. The summed E-state index contributed by atoms with van der Waals surface area (Å²) in [6.45, 7) is 4.27. The number of fused-ring (bicyclic) bond motifs is 4. The molecule has 45 heavy (non-hydrogen) atoms. The van der Waals surface area contributed by atoms with Crippen LogP contribution in [-0.2, 0) is 31.9 Å². The minimum atomic E-state index is -0.710. The van der Waals surface area contributed by atoms with Gasteiger partial charge in [-0.3, -0.25) is 9.97 Å². The first-order valence-electron chi connectivity index (χ1n) is 15.7. The van der Waals surface area contributed by atoms with Crippen LogP contribution >= 0.6 is 0 Å². The van der Waals surface area contributed by atoms with Crippen LogP contribution in [0.3, 0.4) is 0 Å². The predicted octanol–water partition coefficient (Wildman–Crippen LogP) is 9.58. The molecule has 2 aromatic heterocycles. The fourth-order valence-corrected chi connectivity index (χ4v) is 8.11. The van der Waals surface area contributed by atoms with Gasteiger partial charge in [-0.2, -0.15) is 0 Å². The van der Waals surface area contributed by atoms with Gasteiger partial charge in [0.25, 0.3) is 0 Å². The maximum absolute atomic E-state index is 5.53. The Labute approximate surface area is 280 Å². The number of pyridine rings is 2. The van der Waals surface area contributed by atoms with E-state index in [1.807, 2.05) is 24.3 Å². The summed E-state index contributed by atoms with van der Waals surface area (Å²) < 4.78 is 0. The number of hydrogen-bond donors (Lipinski definition) is 0. The third-order valence-corrected chi connectivity index (χ3v) is 10.1. The van der Waals surface area contributed by atoms with Crippen molar-refractivity contribution in [2.45, 2.75) is 50.4 Å². The summed E-state index contributed by atoms with van der Waals surface area (Å²) in [4.78, 5) is 11.1. The van der Waals surface area contributed by atoms with E-state index in [0.717, 1.165) is 57.9 Å². The van der Waals surface area contributed by atoms with Gasteiger partial charge in [0.2, 0.25) is 0 Å². The second-order valence-corrected chi connectivity index (χ2v) is 12.4. The summed E-state index contributed by atoms with van der Waals surface area (Å²) in [6.07, 6.45) is 4.80. The second-order valence-electron chi connectivity index (χ2n) is 12.4. The molecule has 6 aromatic rings. The van der Waals surface area contributed by atoms with E-state index in [2.05, 4.69) is 123 Å². The Morgan fingerprint density at radius 3 is 1.40 bits per heavy atom. The first-order valence-corrected chi connectivity index (χ1v) is 15.7. The molecule has 2 nitrogen and oxygen atoms in total. The molecule has 1 fully saturated rings. The minimum Gasteiger partial charge on any atom is -0.300 e. The maximum atomic E-state index is 5.53. The Morgan fingerprint density at radius 2 is 0.956 bits per heavy atom. The van der Waals surface area contributed by atoms with Gasteiger partial charge in [-0.1, -0.05) is 99.5 Å². The van der Waals surface area contributed by atoms with E-state index >= 15 is 0 Å². The van der Waals surface area contributed by atoms with E-state index in [9.17, 15) is 0 Å². The number of nitrogens with zero attached hydrogens (tertiary/aromatic N) is 2. The van der Waals surface area contributed by atoms with Gasteiger partial charge in [0.05, 0.1) is 11.4 Å². The largest absolute Gasteiger partial charge is 2.00 e. The van der Waals surface area contributed by atoms with Crippen LogP contribution in [0.25, 0.3) is 22.5 Å². The molecule has 0 N–H and O–H groups in total. The van der Waals surface area contributed by atoms with Gasteiger partial charge in [0, 0.05) is 5.41 Å². The number of hydrogen-bond acceptors (Lipinski definition) is 2. The van der Waals surface area contributed by atoms with Crippen LogP contribution in [0.4, 0.5) is 0 Å². The van der Waals surface area contributed by atoms with Gasteiger partial charge in [-0.05, 0) is 58.6 Å². The first kappa shape index (κ1) is 29.6. The molecule has 1 spiro atoms. The van der Waals surface area contributed by atoms with Gasteiger partial charge in [-0.15, -0.1) is 70.8 Å². The Hall–Kier alpha value is -4.13. The Bertz CT molecular complexity index is 1880. The molecule has 3 heteroatoms. The normalized spacial score (nSPS) is 15.6. The van der Waals surface area contributed by atoms with Crippen LogP contribution in [0.5, 0.6) is 0 Å². The summed E-state index contributed by atoms with van der Waals surface area (Å²) in [5.74, 6) is 0. The first-order chi connectivity index (χ1) is 21.6. The monoisotopic (exact) mass is 761 g/mol. The number of rotatable bonds is 4. The van der Waals surface area contributed by atoms with Gasteiger partial charge >= 0.3 is 21.1 Å². The molecule has 4 aromatic carbocycles. The Kier molecular flexibility index (Phi) is 7.66. The average Bonchev–Trinajstić information content (AvgIpc) is 3.57. The third-order valence-electron chi connectivity index (χ3n) is 10.1. The van der Waals surface area contributed by atoms with Crippen molar-refractivity contribution in [1.29, 1.82) is 0 Å². The molecule has 0 amide bonds. The summed E-state index contributed by atoms with van der Waals surface area (Å²) >= 11 is 0. The van der Waals surface area contributed by atoms with Crippen molar-refractivity contribution in [2.24, 2.45) is 0 Å². The molecule has 1 saturated carbocycles. The molecule has 8 rings (SSSR count). The summed E-state index contributed by atoms with van der Waals surface area (Å²) in [7, 11) is 0. The van der Waals surface area contributed by atoms with Gasteiger partial charge in [0.1, 0.15) is 5.41 Å². The van der Waals surface area contributed by atoms with E-state index in [1.54, 1.807) is 0 Å². The van der Waals surface area contributed by atoms with Crippen molar-refractivity contribution in [3.05, 3.63) is 178 Å². The van der Waals surface area contributed by atoms with E-state index < -0.39 is 5.41 Å². The standard InChI is InChI=1S/C42H34N2.Pt/c1-29-15-3-5-17-31(29)37-23-13-25-39(43-37)42(40-26-14-24-38(44-40)32-18-6-4-16-30(32)2)35-21-9-7-19-33(35)41(27-11-12-28-41)34-20-8-10-22-36(34)42;/h3-10,13-16,19-26H,11-12,27-28H2,1-2H3;/q-2;+2. The maximum Gasteiger partial charge on any atom is 2.00 e. The summed E-state index contributed by atoms with van der Waals surface area (Å²) in [5, 5.41) is 0. The van der Waals surface area contributed by atoms with Crippen molar-refractivity contribution in [2.75, 3.05) is 0 Å². The Morgan fingerprint density at radius 1 is 0.511 bits per heavy atom. The molecule has 0 radical (unpaired) electrons. The van der Waals surface area contributed by atoms with E-state index in [-0.39, 0.29) is 26.5 Å². The molecule has 0 atom stereocenters. The third kappa shape index (κ3) is 4.49. The molecule has 0 saturated heterocycles. The molecule has 0 unspecified atom stereocenters. The molecule has 0 aliphatic heterocycles. The van der Waals surface area contributed by atoms with Gasteiger partial charge in [0.15, 0.2) is 0 Å². The van der Waals surface area contributed by atoms with Crippen molar-refractivity contribution in [3.63, 3.8) is 0 Å². The summed E-state index contributed by atoms with van der Waals surface area (Å²) in [6, 6.07) is 50.5. The number of benzene rings is 4. The molecule has 222 valence electrons. The zero-order chi connectivity index (χ0) is 29.7. The average molecular weight is 762 g/mol. The van der Waals surface area contributed by atoms with E-state index in [1.165, 1.54) is 35.1 Å². The zero-order valence-electron chi connectivity index (χ0n) is 25.6. The summed E-state index contributed by atoms with van der Waals surface area (Å²) in [5.41, 5.74) is 12.9. The molecule has 2 aliphatic rings. The molecular formula is C42H34N2Pt. The van der Waals surface area contributed by atoms with Crippen molar-refractivity contribution in [1.82, 2.24) is 9.97 Å². The number of aromatic nitrogens is 2. The Balaban J connectivity index is 0.00000325. The van der Waals surface area contributed by atoms with Crippen LogP contribution in [-0.4, -0.2) is 9.97 Å². The molecular weight excluding hydrogens is 728 g/mol. The van der Waals surface area contributed by atoms with Crippen LogP contribution in [0.2, 0.25) is 0 Å². The van der Waals surface area contributed by atoms with Gasteiger partial charge in [-0.25, -0.2) is 0 Å². The van der Waals surface area contributed by atoms with E-state index in [0.29, 0.717) is 0 Å². The fourth-order valence-electron chi connectivity index (χ4n) is 8.11. The smallest absolute Gasteiger partial charge is 0.300 e. The van der Waals surface area contributed by atoms with Crippen LogP contribution in [0.15, 0.2) is 121 Å². The minimum absolute atomic E-state index is 0. The quantitative estimate of drug-likeness (QED) is 0.167. The van der Waals surface area contributed by atoms with E-state index in [4.69, 9.17) is 9.97 Å². The van der Waals surface area contributed by atoms with Crippen molar-refractivity contribution >= 4 is 0 Å². The fraction of sp³-hybridized carbons (Fsp3) is 0.190. The zero-order valence-corrected chi connectivity index (χ0v) is 27.9.